The Kier molecular flexibility index (Phi) is 5.84. The van der Waals surface area contributed by atoms with Crippen LogP contribution < -0.4 is 5.32 Å². The number of aliphatic hydroxyl groups excluding tert-OH is 1. The number of hydrogen-bond acceptors (Lipinski definition) is 5. The molecule has 2 atom stereocenters. The standard InChI is InChI=1S/C16H22N4O3/c1-3-16(13-6-4-12(2)5-7-13)17-9-15(21)11-19-10-14(8-18-19)20(22)23/h4-8,10,15-17,21H,3,9,11H2,1-2H3. The number of aliphatic hydroxyl groups is 1. The van der Waals surface area contributed by atoms with Crippen LogP contribution >= 0.6 is 0 Å². The van der Waals surface area contributed by atoms with Gasteiger partial charge in [-0.05, 0) is 18.9 Å². The van der Waals surface area contributed by atoms with Crippen molar-refractivity contribution in [3.8, 4) is 0 Å². The van der Waals surface area contributed by atoms with Crippen molar-refractivity contribution < 1.29 is 10.0 Å². The summed E-state index contributed by atoms with van der Waals surface area (Å²) in [5.41, 5.74) is 2.32. The fourth-order valence-corrected chi connectivity index (χ4v) is 2.40. The van der Waals surface area contributed by atoms with Gasteiger partial charge in [-0.1, -0.05) is 36.8 Å². The number of nitrogens with one attached hydrogen (secondary N) is 1. The first-order valence-corrected chi connectivity index (χ1v) is 7.64. The Morgan fingerprint density at radius 3 is 2.65 bits per heavy atom. The Bertz CT molecular complexity index is 639. The lowest BCUT2D eigenvalue weighted by atomic mass is 10.0. The zero-order chi connectivity index (χ0) is 16.8. The average Bonchev–Trinajstić information content (AvgIpc) is 2.98. The van der Waals surface area contributed by atoms with E-state index in [0.29, 0.717) is 6.54 Å². The van der Waals surface area contributed by atoms with Crippen molar-refractivity contribution in [2.24, 2.45) is 0 Å². The van der Waals surface area contributed by atoms with Gasteiger partial charge in [0.1, 0.15) is 12.4 Å². The number of nitrogens with zero attached hydrogens (tertiary/aromatic N) is 3. The van der Waals surface area contributed by atoms with E-state index in [0.717, 1.165) is 6.42 Å². The largest absolute Gasteiger partial charge is 0.390 e. The molecule has 1 aromatic carbocycles. The van der Waals surface area contributed by atoms with E-state index in [4.69, 9.17) is 0 Å². The molecule has 124 valence electrons. The van der Waals surface area contributed by atoms with Gasteiger partial charge >= 0.3 is 5.69 Å². The molecule has 1 heterocycles. The van der Waals surface area contributed by atoms with Crippen LogP contribution in [0.5, 0.6) is 0 Å². The van der Waals surface area contributed by atoms with Crippen LogP contribution in [0.4, 0.5) is 5.69 Å². The van der Waals surface area contributed by atoms with Crippen LogP contribution in [-0.4, -0.2) is 32.5 Å². The lowest BCUT2D eigenvalue weighted by Crippen LogP contribution is -2.33. The number of aryl methyl sites for hydroxylation is 1. The van der Waals surface area contributed by atoms with E-state index in [1.54, 1.807) is 0 Å². The van der Waals surface area contributed by atoms with Crippen LogP contribution in [0, 0.1) is 17.0 Å². The summed E-state index contributed by atoms with van der Waals surface area (Å²) in [4.78, 5) is 10.1. The number of nitro groups is 1. The van der Waals surface area contributed by atoms with Crippen LogP contribution in [0.15, 0.2) is 36.7 Å². The van der Waals surface area contributed by atoms with Gasteiger partial charge in [0.15, 0.2) is 0 Å². The fraction of sp³-hybridized carbons (Fsp3) is 0.438. The molecule has 0 saturated carbocycles. The maximum absolute atomic E-state index is 10.6. The van der Waals surface area contributed by atoms with E-state index in [1.807, 2.05) is 6.92 Å². The summed E-state index contributed by atoms with van der Waals surface area (Å²) in [5.74, 6) is 0. The van der Waals surface area contributed by atoms with Crippen LogP contribution in [-0.2, 0) is 6.54 Å². The molecule has 0 radical (unpaired) electrons. The molecule has 2 unspecified atom stereocenters. The summed E-state index contributed by atoms with van der Waals surface area (Å²) in [6, 6.07) is 8.47. The van der Waals surface area contributed by atoms with Crippen LogP contribution in [0.25, 0.3) is 0 Å². The molecule has 1 aromatic heterocycles. The minimum atomic E-state index is -0.672. The quantitative estimate of drug-likeness (QED) is 0.575. The van der Waals surface area contributed by atoms with Crippen molar-refractivity contribution in [3.05, 3.63) is 57.9 Å². The highest BCUT2D eigenvalue weighted by Gasteiger charge is 2.14. The third kappa shape index (κ3) is 4.87. The van der Waals surface area contributed by atoms with Crippen molar-refractivity contribution in [3.63, 3.8) is 0 Å². The van der Waals surface area contributed by atoms with E-state index in [9.17, 15) is 15.2 Å². The van der Waals surface area contributed by atoms with Gasteiger partial charge in [0.2, 0.25) is 0 Å². The van der Waals surface area contributed by atoms with Gasteiger partial charge < -0.3 is 10.4 Å². The summed E-state index contributed by atoms with van der Waals surface area (Å²) in [5, 5.41) is 27.9. The predicted octanol–water partition coefficient (Wildman–Crippen LogP) is 2.20. The Balaban J connectivity index is 1.87. The highest BCUT2D eigenvalue weighted by molar-refractivity contribution is 5.24. The van der Waals surface area contributed by atoms with Crippen molar-refractivity contribution in [2.75, 3.05) is 6.54 Å². The van der Waals surface area contributed by atoms with Crippen molar-refractivity contribution in [1.29, 1.82) is 0 Å². The van der Waals surface area contributed by atoms with Gasteiger partial charge in [-0.25, -0.2) is 0 Å². The van der Waals surface area contributed by atoms with Crippen molar-refractivity contribution in [2.45, 2.75) is 39.0 Å². The molecule has 2 N–H and O–H groups in total. The highest BCUT2D eigenvalue weighted by Crippen LogP contribution is 2.17. The molecule has 0 aliphatic heterocycles. The van der Waals surface area contributed by atoms with Gasteiger partial charge in [-0.2, -0.15) is 5.10 Å². The van der Waals surface area contributed by atoms with Gasteiger partial charge in [0.05, 0.1) is 17.6 Å². The predicted molar refractivity (Wildman–Crippen MR) is 87.1 cm³/mol. The average molecular weight is 318 g/mol. The topological polar surface area (TPSA) is 93.2 Å². The summed E-state index contributed by atoms with van der Waals surface area (Å²) in [6.45, 7) is 4.73. The first kappa shape index (κ1) is 17.1. The maximum atomic E-state index is 10.6. The Labute approximate surface area is 135 Å². The molecule has 2 rings (SSSR count). The van der Waals surface area contributed by atoms with Crippen LogP contribution in [0.1, 0.15) is 30.5 Å². The van der Waals surface area contributed by atoms with E-state index < -0.39 is 11.0 Å². The second-order valence-corrected chi connectivity index (χ2v) is 5.61. The van der Waals surface area contributed by atoms with E-state index >= 15 is 0 Å². The third-order valence-electron chi connectivity index (χ3n) is 3.72. The fourth-order valence-electron chi connectivity index (χ4n) is 2.40. The smallest absolute Gasteiger partial charge is 0.306 e. The van der Waals surface area contributed by atoms with Crippen LogP contribution in [0.3, 0.4) is 0 Å². The molecular formula is C16H22N4O3. The minimum Gasteiger partial charge on any atom is -0.390 e. The Morgan fingerprint density at radius 1 is 1.39 bits per heavy atom. The second kappa shape index (κ2) is 7.85. The molecular weight excluding hydrogens is 296 g/mol. The van der Waals surface area contributed by atoms with E-state index in [-0.39, 0.29) is 18.3 Å². The molecule has 0 aliphatic rings. The normalized spacial score (nSPS) is 13.7. The van der Waals surface area contributed by atoms with Crippen LogP contribution in [0.2, 0.25) is 0 Å². The van der Waals surface area contributed by atoms with Gasteiger partial charge in [0, 0.05) is 12.6 Å². The molecule has 0 amide bonds. The monoisotopic (exact) mass is 318 g/mol. The second-order valence-electron chi connectivity index (χ2n) is 5.61. The molecule has 0 spiro atoms. The number of benzene rings is 1. The van der Waals surface area contributed by atoms with Gasteiger partial charge in [0.25, 0.3) is 0 Å². The zero-order valence-electron chi connectivity index (χ0n) is 13.3. The first-order valence-electron chi connectivity index (χ1n) is 7.64. The van der Waals surface area contributed by atoms with Gasteiger partial charge in [-0.3, -0.25) is 14.8 Å². The molecule has 0 saturated heterocycles. The SMILES string of the molecule is CCC(NCC(O)Cn1cc([N+](=O)[O-])cn1)c1ccc(C)cc1. The third-order valence-corrected chi connectivity index (χ3v) is 3.72. The maximum Gasteiger partial charge on any atom is 0.306 e. The zero-order valence-corrected chi connectivity index (χ0v) is 13.3. The van der Waals surface area contributed by atoms with E-state index in [1.165, 1.54) is 28.2 Å². The summed E-state index contributed by atoms with van der Waals surface area (Å²) in [7, 11) is 0. The van der Waals surface area contributed by atoms with E-state index in [2.05, 4.69) is 41.6 Å². The molecule has 0 aliphatic carbocycles. The Morgan fingerprint density at radius 2 is 2.09 bits per heavy atom. The van der Waals surface area contributed by atoms with Gasteiger partial charge in [-0.15, -0.1) is 0 Å². The van der Waals surface area contributed by atoms with Crippen molar-refractivity contribution >= 4 is 5.69 Å². The molecule has 23 heavy (non-hydrogen) atoms. The molecule has 2 aromatic rings. The molecule has 7 heteroatoms. The summed E-state index contributed by atoms with van der Waals surface area (Å²) in [6.07, 6.45) is 2.74. The van der Waals surface area contributed by atoms with Crippen molar-refractivity contribution in [1.82, 2.24) is 15.1 Å². The molecule has 0 bridgehead atoms. The highest BCUT2D eigenvalue weighted by atomic mass is 16.6. The lowest BCUT2D eigenvalue weighted by molar-refractivity contribution is -0.385. The number of aromatic nitrogens is 2. The Hall–Kier alpha value is -2.25. The minimum absolute atomic E-state index is 0.0729. The first-order chi connectivity index (χ1) is 11.0. The number of rotatable bonds is 8. The summed E-state index contributed by atoms with van der Waals surface area (Å²) >= 11 is 0. The number of hydrogen-bond donors (Lipinski definition) is 2. The summed E-state index contributed by atoms with van der Waals surface area (Å²) < 4.78 is 1.39. The molecule has 0 fully saturated rings. The lowest BCUT2D eigenvalue weighted by Gasteiger charge is -2.20. The molecule has 7 nitrogen and oxygen atoms in total.